The third-order valence-electron chi connectivity index (χ3n) is 4.26. The molecule has 0 spiro atoms. The second-order valence-corrected chi connectivity index (χ2v) is 6.00. The fourth-order valence-corrected chi connectivity index (χ4v) is 3.14. The zero-order valence-electron chi connectivity index (χ0n) is 13.0. The molecule has 1 N–H and O–H groups in total. The van der Waals surface area contributed by atoms with Gasteiger partial charge in [0.15, 0.2) is 0 Å². The number of hydrogen-bond acceptors (Lipinski definition) is 5. The van der Waals surface area contributed by atoms with Crippen LogP contribution in [0.5, 0.6) is 0 Å². The number of benzene rings is 1. The maximum atomic E-state index is 8.99. The fraction of sp³-hybridized carbons (Fsp3) is 0.529. The summed E-state index contributed by atoms with van der Waals surface area (Å²) in [4.78, 5) is 2.39. The molecule has 1 unspecified atom stereocenters. The van der Waals surface area contributed by atoms with Crippen molar-refractivity contribution in [1.29, 1.82) is 0 Å². The van der Waals surface area contributed by atoms with Gasteiger partial charge in [-0.2, -0.15) is 0 Å². The standard InChI is InChI=1S/C17H23N3O2/c1-13-5-2-6-14(11-13)17-19-18-16(22-17)12-20-9-3-7-15(20)8-4-10-21/h2,5-6,11,15,21H,3-4,7-10,12H2,1H3. The van der Waals surface area contributed by atoms with Crippen molar-refractivity contribution in [3.8, 4) is 11.5 Å². The van der Waals surface area contributed by atoms with Gasteiger partial charge in [-0.3, -0.25) is 4.90 Å². The van der Waals surface area contributed by atoms with Crippen molar-refractivity contribution in [3.05, 3.63) is 35.7 Å². The van der Waals surface area contributed by atoms with Crippen LogP contribution in [0.4, 0.5) is 0 Å². The third kappa shape index (κ3) is 3.54. The van der Waals surface area contributed by atoms with Gasteiger partial charge >= 0.3 is 0 Å². The number of rotatable bonds is 6. The van der Waals surface area contributed by atoms with E-state index in [1.807, 2.05) is 12.1 Å². The molecule has 1 aromatic carbocycles. The van der Waals surface area contributed by atoms with Crippen LogP contribution in [-0.4, -0.2) is 39.4 Å². The average Bonchev–Trinajstić information content (AvgIpc) is 3.15. The van der Waals surface area contributed by atoms with Crippen molar-refractivity contribution < 1.29 is 9.52 Å². The van der Waals surface area contributed by atoms with Crippen molar-refractivity contribution in [1.82, 2.24) is 15.1 Å². The molecule has 0 saturated carbocycles. The van der Waals surface area contributed by atoms with Crippen LogP contribution in [0.2, 0.25) is 0 Å². The summed E-state index contributed by atoms with van der Waals surface area (Å²) in [6.45, 7) is 4.09. The van der Waals surface area contributed by atoms with E-state index in [2.05, 4.69) is 34.2 Å². The maximum absolute atomic E-state index is 8.99. The highest BCUT2D eigenvalue weighted by Gasteiger charge is 2.25. The van der Waals surface area contributed by atoms with Crippen molar-refractivity contribution in [2.75, 3.05) is 13.2 Å². The first kappa shape index (κ1) is 15.2. The Morgan fingerprint density at radius 1 is 1.36 bits per heavy atom. The Kier molecular flexibility index (Phi) is 4.85. The average molecular weight is 301 g/mol. The SMILES string of the molecule is Cc1cccc(-c2nnc(CN3CCCC3CCCO)o2)c1. The van der Waals surface area contributed by atoms with Gasteiger partial charge in [-0.25, -0.2) is 0 Å². The van der Waals surface area contributed by atoms with Crippen LogP contribution < -0.4 is 0 Å². The lowest BCUT2D eigenvalue weighted by atomic mass is 10.1. The van der Waals surface area contributed by atoms with Gasteiger partial charge < -0.3 is 9.52 Å². The number of aromatic nitrogens is 2. The Balaban J connectivity index is 1.66. The molecule has 118 valence electrons. The molecule has 2 heterocycles. The molecule has 1 aliphatic heterocycles. The molecule has 3 rings (SSSR count). The lowest BCUT2D eigenvalue weighted by Crippen LogP contribution is -2.29. The fourth-order valence-electron chi connectivity index (χ4n) is 3.14. The molecule has 1 fully saturated rings. The van der Waals surface area contributed by atoms with E-state index >= 15 is 0 Å². The molecule has 1 saturated heterocycles. The minimum atomic E-state index is 0.266. The topological polar surface area (TPSA) is 62.4 Å². The van der Waals surface area contributed by atoms with Crippen molar-refractivity contribution >= 4 is 0 Å². The molecule has 22 heavy (non-hydrogen) atoms. The largest absolute Gasteiger partial charge is 0.419 e. The summed E-state index contributed by atoms with van der Waals surface area (Å²) in [5, 5.41) is 17.4. The Hall–Kier alpha value is -1.72. The van der Waals surface area contributed by atoms with E-state index in [0.717, 1.165) is 24.9 Å². The van der Waals surface area contributed by atoms with Gasteiger partial charge in [0.2, 0.25) is 11.8 Å². The van der Waals surface area contributed by atoms with Crippen LogP contribution >= 0.6 is 0 Å². The zero-order valence-corrected chi connectivity index (χ0v) is 13.0. The maximum Gasteiger partial charge on any atom is 0.247 e. The molecule has 0 amide bonds. The van der Waals surface area contributed by atoms with Gasteiger partial charge in [-0.15, -0.1) is 10.2 Å². The van der Waals surface area contributed by atoms with Gasteiger partial charge in [-0.05, 0) is 51.3 Å². The Morgan fingerprint density at radius 3 is 3.09 bits per heavy atom. The van der Waals surface area contributed by atoms with Crippen molar-refractivity contribution in [2.24, 2.45) is 0 Å². The highest BCUT2D eigenvalue weighted by atomic mass is 16.4. The Bertz CT molecular complexity index is 611. The summed E-state index contributed by atoms with van der Waals surface area (Å²) >= 11 is 0. The summed E-state index contributed by atoms with van der Waals surface area (Å²) in [5.41, 5.74) is 2.15. The van der Waals surface area contributed by atoms with Crippen molar-refractivity contribution in [3.63, 3.8) is 0 Å². The molecule has 0 bridgehead atoms. The van der Waals surface area contributed by atoms with Crippen LogP contribution in [0, 0.1) is 6.92 Å². The third-order valence-corrected chi connectivity index (χ3v) is 4.26. The summed E-state index contributed by atoms with van der Waals surface area (Å²) in [7, 11) is 0. The normalized spacial score (nSPS) is 18.9. The molecule has 1 aromatic heterocycles. The van der Waals surface area contributed by atoms with E-state index in [4.69, 9.17) is 9.52 Å². The second kappa shape index (κ2) is 7.03. The van der Waals surface area contributed by atoms with Crippen LogP contribution in [0.25, 0.3) is 11.5 Å². The van der Waals surface area contributed by atoms with Gasteiger partial charge in [0.05, 0.1) is 6.54 Å². The molecule has 5 heteroatoms. The van der Waals surface area contributed by atoms with Gasteiger partial charge in [-0.1, -0.05) is 17.7 Å². The summed E-state index contributed by atoms with van der Waals surface area (Å²) in [5.74, 6) is 1.26. The van der Waals surface area contributed by atoms with Gasteiger partial charge in [0.1, 0.15) is 0 Å². The molecule has 0 aliphatic carbocycles. The predicted molar refractivity (Wildman–Crippen MR) is 84.2 cm³/mol. The first-order valence-electron chi connectivity index (χ1n) is 8.00. The summed E-state index contributed by atoms with van der Waals surface area (Å²) in [6.07, 6.45) is 4.29. The van der Waals surface area contributed by atoms with E-state index in [-0.39, 0.29) is 6.61 Å². The molecular weight excluding hydrogens is 278 g/mol. The second-order valence-electron chi connectivity index (χ2n) is 6.00. The smallest absolute Gasteiger partial charge is 0.247 e. The number of hydrogen-bond donors (Lipinski definition) is 1. The molecule has 0 radical (unpaired) electrons. The lowest BCUT2D eigenvalue weighted by Gasteiger charge is -2.22. The van der Waals surface area contributed by atoms with E-state index in [1.54, 1.807) is 0 Å². The van der Waals surface area contributed by atoms with E-state index in [1.165, 1.54) is 18.4 Å². The van der Waals surface area contributed by atoms with Gasteiger partial charge in [0, 0.05) is 18.2 Å². The molecular formula is C17H23N3O2. The Morgan fingerprint density at radius 2 is 2.27 bits per heavy atom. The highest BCUT2D eigenvalue weighted by molar-refractivity contribution is 5.53. The summed E-state index contributed by atoms with van der Waals surface area (Å²) in [6, 6.07) is 8.62. The summed E-state index contributed by atoms with van der Waals surface area (Å²) < 4.78 is 5.83. The number of likely N-dealkylation sites (tertiary alicyclic amines) is 1. The zero-order chi connectivity index (χ0) is 15.4. The monoisotopic (exact) mass is 301 g/mol. The van der Waals surface area contributed by atoms with E-state index in [9.17, 15) is 0 Å². The highest BCUT2D eigenvalue weighted by Crippen LogP contribution is 2.24. The molecule has 5 nitrogen and oxygen atoms in total. The number of aliphatic hydroxyl groups excluding tert-OH is 1. The van der Waals surface area contributed by atoms with Crippen LogP contribution in [0.3, 0.4) is 0 Å². The van der Waals surface area contributed by atoms with Crippen LogP contribution in [0.1, 0.15) is 37.1 Å². The minimum Gasteiger partial charge on any atom is -0.419 e. The minimum absolute atomic E-state index is 0.266. The van der Waals surface area contributed by atoms with Gasteiger partial charge in [0.25, 0.3) is 0 Å². The first-order chi connectivity index (χ1) is 10.8. The number of nitrogens with zero attached hydrogens (tertiary/aromatic N) is 3. The lowest BCUT2D eigenvalue weighted by molar-refractivity contribution is 0.195. The van der Waals surface area contributed by atoms with Crippen molar-refractivity contribution in [2.45, 2.75) is 45.2 Å². The van der Waals surface area contributed by atoms with Crippen LogP contribution in [0.15, 0.2) is 28.7 Å². The van der Waals surface area contributed by atoms with Crippen LogP contribution in [-0.2, 0) is 6.54 Å². The number of aliphatic hydroxyl groups is 1. The molecule has 1 atom stereocenters. The van der Waals surface area contributed by atoms with E-state index in [0.29, 0.717) is 24.4 Å². The quantitative estimate of drug-likeness (QED) is 0.889. The molecule has 2 aromatic rings. The Labute approximate surface area is 131 Å². The first-order valence-corrected chi connectivity index (χ1v) is 8.00. The predicted octanol–water partition coefficient (Wildman–Crippen LogP) is 2.78. The van der Waals surface area contributed by atoms with E-state index < -0.39 is 0 Å². The molecule has 1 aliphatic rings. The number of aryl methyl sites for hydroxylation is 1.